The molecule has 2 aliphatic rings. The fourth-order valence-corrected chi connectivity index (χ4v) is 4.89. The van der Waals surface area contributed by atoms with Crippen molar-refractivity contribution in [2.45, 2.75) is 31.8 Å². The number of methoxy groups -OCH3 is 1. The summed E-state index contributed by atoms with van der Waals surface area (Å²) in [6.07, 6.45) is 3.08. The van der Waals surface area contributed by atoms with Crippen LogP contribution in [-0.2, 0) is 16.8 Å². The Kier molecular flexibility index (Phi) is 3.77. The largest absolute Gasteiger partial charge is 0.493 e. The molecule has 1 fully saturated rings. The average molecular weight is 330 g/mol. The highest BCUT2D eigenvalue weighted by Crippen LogP contribution is 2.45. The number of anilines is 1. The lowest BCUT2D eigenvalue weighted by molar-refractivity contribution is -0.0736. The van der Waals surface area contributed by atoms with Crippen LogP contribution in [0.15, 0.2) is 23.6 Å². The number of ether oxygens (including phenoxy) is 2. The summed E-state index contributed by atoms with van der Waals surface area (Å²) in [6.45, 7) is 4.76. The summed E-state index contributed by atoms with van der Waals surface area (Å²) in [4.78, 5) is 8.49. The Labute approximate surface area is 141 Å². The van der Waals surface area contributed by atoms with Gasteiger partial charge in [0.1, 0.15) is 5.60 Å². The van der Waals surface area contributed by atoms with Crippen molar-refractivity contribution >= 4 is 17.2 Å². The fraction of sp³-hybridized carbons (Fsp3) is 0.500. The molecule has 0 unspecified atom stereocenters. The van der Waals surface area contributed by atoms with Gasteiger partial charge >= 0.3 is 0 Å². The van der Waals surface area contributed by atoms with Gasteiger partial charge in [0.05, 0.1) is 13.7 Å². The first kappa shape index (κ1) is 15.0. The van der Waals surface area contributed by atoms with Crippen molar-refractivity contribution in [3.8, 4) is 5.75 Å². The molecule has 2 aromatic rings. The van der Waals surface area contributed by atoms with Crippen LogP contribution in [0.1, 0.15) is 29.0 Å². The zero-order valence-electron chi connectivity index (χ0n) is 13.7. The number of aromatic nitrogens is 1. The van der Waals surface area contributed by atoms with Crippen LogP contribution in [0.25, 0.3) is 0 Å². The minimum Gasteiger partial charge on any atom is -0.493 e. The number of hydrogen-bond acceptors (Lipinski definition) is 5. The van der Waals surface area contributed by atoms with E-state index in [1.54, 1.807) is 7.11 Å². The predicted octanol–water partition coefficient (Wildman–Crippen LogP) is 3.53. The molecule has 0 N–H and O–H groups in total. The summed E-state index contributed by atoms with van der Waals surface area (Å²) in [5.74, 6) is 1.82. The molecule has 23 heavy (non-hydrogen) atoms. The summed E-state index contributed by atoms with van der Waals surface area (Å²) in [7, 11) is 1.71. The molecular weight excluding hydrogens is 308 g/mol. The SMILES string of the molecule is COc1ccc(C)nc1N1CCC2(CC1)OCCc1ccsc12. The Balaban J connectivity index is 1.58. The van der Waals surface area contributed by atoms with Gasteiger partial charge in [0.15, 0.2) is 11.6 Å². The van der Waals surface area contributed by atoms with Crippen LogP contribution in [0.3, 0.4) is 0 Å². The third-order valence-corrected chi connectivity index (χ3v) is 6.12. The second kappa shape index (κ2) is 5.80. The number of rotatable bonds is 2. The van der Waals surface area contributed by atoms with Gasteiger partial charge in [-0.25, -0.2) is 4.98 Å². The van der Waals surface area contributed by atoms with Crippen molar-refractivity contribution in [3.05, 3.63) is 39.7 Å². The van der Waals surface area contributed by atoms with E-state index < -0.39 is 0 Å². The monoisotopic (exact) mass is 330 g/mol. The van der Waals surface area contributed by atoms with E-state index in [9.17, 15) is 0 Å². The first-order chi connectivity index (χ1) is 11.2. The maximum atomic E-state index is 6.29. The Morgan fingerprint density at radius 1 is 1.26 bits per heavy atom. The summed E-state index contributed by atoms with van der Waals surface area (Å²) >= 11 is 1.85. The normalized spacial score (nSPS) is 19.7. The molecular formula is C18H22N2O2S. The standard InChI is InChI=1S/C18H22N2O2S/c1-13-3-4-15(21-2)17(19-13)20-9-7-18(8-10-20)16-14(5-11-22-18)6-12-23-16/h3-4,6,12H,5,7-11H2,1-2H3. The van der Waals surface area contributed by atoms with Crippen molar-refractivity contribution in [2.75, 3.05) is 31.7 Å². The Morgan fingerprint density at radius 3 is 2.87 bits per heavy atom. The van der Waals surface area contributed by atoms with Gasteiger partial charge in [-0.2, -0.15) is 0 Å². The van der Waals surface area contributed by atoms with Crippen LogP contribution >= 0.6 is 11.3 Å². The van der Waals surface area contributed by atoms with Crippen molar-refractivity contribution in [2.24, 2.45) is 0 Å². The molecule has 122 valence electrons. The highest BCUT2D eigenvalue weighted by Gasteiger charge is 2.42. The molecule has 0 atom stereocenters. The molecule has 4 nitrogen and oxygen atoms in total. The van der Waals surface area contributed by atoms with Gasteiger partial charge in [0, 0.05) is 23.7 Å². The summed E-state index contributed by atoms with van der Waals surface area (Å²) in [5.41, 5.74) is 2.44. The smallest absolute Gasteiger partial charge is 0.171 e. The van der Waals surface area contributed by atoms with Crippen LogP contribution in [-0.4, -0.2) is 31.8 Å². The highest BCUT2D eigenvalue weighted by molar-refractivity contribution is 7.10. The van der Waals surface area contributed by atoms with Crippen LogP contribution in [0.2, 0.25) is 0 Å². The van der Waals surface area contributed by atoms with E-state index in [0.29, 0.717) is 0 Å². The number of thiophene rings is 1. The molecule has 4 rings (SSSR count). The Morgan fingerprint density at radius 2 is 2.09 bits per heavy atom. The van der Waals surface area contributed by atoms with Gasteiger partial charge in [-0.3, -0.25) is 0 Å². The zero-order chi connectivity index (χ0) is 15.9. The summed E-state index contributed by atoms with van der Waals surface area (Å²) in [5, 5.41) is 2.21. The maximum Gasteiger partial charge on any atom is 0.171 e. The summed E-state index contributed by atoms with van der Waals surface area (Å²) < 4.78 is 11.8. The number of hydrogen-bond donors (Lipinski definition) is 0. The lowest BCUT2D eigenvalue weighted by atomic mass is 9.85. The van der Waals surface area contributed by atoms with E-state index in [1.807, 2.05) is 30.4 Å². The van der Waals surface area contributed by atoms with Gasteiger partial charge in [-0.15, -0.1) is 11.3 Å². The van der Waals surface area contributed by atoms with Crippen LogP contribution in [0.5, 0.6) is 5.75 Å². The van der Waals surface area contributed by atoms with Gasteiger partial charge in [0.25, 0.3) is 0 Å². The van der Waals surface area contributed by atoms with Crippen LogP contribution < -0.4 is 9.64 Å². The first-order valence-corrected chi connectivity index (χ1v) is 9.07. The molecule has 5 heteroatoms. The molecule has 0 saturated carbocycles. The van der Waals surface area contributed by atoms with Gasteiger partial charge in [-0.1, -0.05) is 0 Å². The van der Waals surface area contributed by atoms with Gasteiger partial charge in [-0.05, 0) is 55.3 Å². The molecule has 4 heterocycles. The minimum absolute atomic E-state index is 0.0741. The molecule has 0 aromatic carbocycles. The second-order valence-electron chi connectivity index (χ2n) is 6.33. The van der Waals surface area contributed by atoms with Gasteiger partial charge in [0.2, 0.25) is 0 Å². The van der Waals surface area contributed by atoms with Crippen molar-refractivity contribution in [1.29, 1.82) is 0 Å². The van der Waals surface area contributed by atoms with Gasteiger partial charge < -0.3 is 14.4 Å². The first-order valence-electron chi connectivity index (χ1n) is 8.19. The zero-order valence-corrected chi connectivity index (χ0v) is 14.5. The number of pyridine rings is 1. The fourth-order valence-electron chi connectivity index (χ4n) is 3.72. The van der Waals surface area contributed by atoms with E-state index in [1.165, 1.54) is 10.4 Å². The maximum absolute atomic E-state index is 6.29. The average Bonchev–Trinajstić information content (AvgIpc) is 3.06. The molecule has 2 aromatic heterocycles. The number of aryl methyl sites for hydroxylation is 1. The van der Waals surface area contributed by atoms with Crippen molar-refractivity contribution < 1.29 is 9.47 Å². The quantitative estimate of drug-likeness (QED) is 0.844. The van der Waals surface area contributed by atoms with E-state index in [0.717, 1.165) is 56.2 Å². The van der Waals surface area contributed by atoms with Crippen LogP contribution in [0.4, 0.5) is 5.82 Å². The number of nitrogens with zero attached hydrogens (tertiary/aromatic N) is 2. The molecule has 0 radical (unpaired) electrons. The topological polar surface area (TPSA) is 34.6 Å². The molecule has 1 spiro atoms. The van der Waals surface area contributed by atoms with Crippen LogP contribution in [0, 0.1) is 6.92 Å². The third-order valence-electron chi connectivity index (χ3n) is 4.98. The van der Waals surface area contributed by atoms with E-state index in [2.05, 4.69) is 16.3 Å². The minimum atomic E-state index is -0.0741. The highest BCUT2D eigenvalue weighted by atomic mass is 32.1. The van der Waals surface area contributed by atoms with E-state index in [-0.39, 0.29) is 5.60 Å². The predicted molar refractivity (Wildman–Crippen MR) is 92.6 cm³/mol. The number of piperidine rings is 1. The van der Waals surface area contributed by atoms with Crippen molar-refractivity contribution in [1.82, 2.24) is 4.98 Å². The number of fused-ring (bicyclic) bond motifs is 2. The molecule has 0 aliphatic carbocycles. The summed E-state index contributed by atoms with van der Waals surface area (Å²) in [6, 6.07) is 6.27. The van der Waals surface area contributed by atoms with Crippen molar-refractivity contribution in [3.63, 3.8) is 0 Å². The molecule has 1 saturated heterocycles. The molecule has 0 amide bonds. The second-order valence-corrected chi connectivity index (χ2v) is 7.25. The molecule has 0 bridgehead atoms. The van der Waals surface area contributed by atoms with E-state index >= 15 is 0 Å². The lowest BCUT2D eigenvalue weighted by Gasteiger charge is -2.44. The lowest BCUT2D eigenvalue weighted by Crippen LogP contribution is -2.46. The van der Waals surface area contributed by atoms with E-state index in [4.69, 9.17) is 14.5 Å². The Hall–Kier alpha value is -1.59. The third kappa shape index (κ3) is 2.52. The Bertz CT molecular complexity index is 705. The molecule has 2 aliphatic heterocycles.